The van der Waals surface area contributed by atoms with E-state index in [1.165, 1.54) is 12.8 Å². The van der Waals surface area contributed by atoms with E-state index in [-0.39, 0.29) is 6.03 Å². The number of urea groups is 1. The SMILES string of the molecule is Cc1noc(C)c1-c1ccc(NC(=O)NC2CCCC2)cc1. The number of carbonyl (C=O) groups is 1. The summed E-state index contributed by atoms with van der Waals surface area (Å²) in [4.78, 5) is 11.9. The van der Waals surface area contributed by atoms with Gasteiger partial charge in [0, 0.05) is 17.3 Å². The van der Waals surface area contributed by atoms with Crippen LogP contribution >= 0.6 is 0 Å². The number of rotatable bonds is 3. The normalized spacial score (nSPS) is 15.0. The van der Waals surface area contributed by atoms with Crippen LogP contribution in [0.5, 0.6) is 0 Å². The van der Waals surface area contributed by atoms with E-state index >= 15 is 0 Å². The van der Waals surface area contributed by atoms with Crippen LogP contribution in [0, 0.1) is 13.8 Å². The molecule has 0 saturated heterocycles. The average molecular weight is 299 g/mol. The van der Waals surface area contributed by atoms with Crippen molar-refractivity contribution in [3.63, 3.8) is 0 Å². The van der Waals surface area contributed by atoms with Crippen molar-refractivity contribution >= 4 is 11.7 Å². The van der Waals surface area contributed by atoms with Crippen molar-refractivity contribution in [3.05, 3.63) is 35.7 Å². The monoisotopic (exact) mass is 299 g/mol. The summed E-state index contributed by atoms with van der Waals surface area (Å²) in [6, 6.07) is 7.93. The third-order valence-electron chi connectivity index (χ3n) is 4.16. The molecule has 0 aliphatic heterocycles. The molecular weight excluding hydrogens is 278 g/mol. The van der Waals surface area contributed by atoms with Crippen LogP contribution in [-0.4, -0.2) is 17.2 Å². The summed E-state index contributed by atoms with van der Waals surface area (Å²) in [6.07, 6.45) is 4.57. The van der Waals surface area contributed by atoms with Gasteiger partial charge in [-0.1, -0.05) is 30.1 Å². The van der Waals surface area contributed by atoms with E-state index < -0.39 is 0 Å². The maximum absolute atomic E-state index is 11.9. The van der Waals surface area contributed by atoms with E-state index in [9.17, 15) is 4.79 Å². The van der Waals surface area contributed by atoms with E-state index in [4.69, 9.17) is 4.52 Å². The van der Waals surface area contributed by atoms with E-state index in [1.807, 2.05) is 38.1 Å². The highest BCUT2D eigenvalue weighted by atomic mass is 16.5. The third kappa shape index (κ3) is 3.13. The second kappa shape index (κ2) is 6.22. The predicted molar refractivity (Wildman–Crippen MR) is 85.8 cm³/mol. The van der Waals surface area contributed by atoms with Crippen molar-refractivity contribution in [2.45, 2.75) is 45.6 Å². The minimum Gasteiger partial charge on any atom is -0.361 e. The lowest BCUT2D eigenvalue weighted by molar-refractivity contribution is 0.248. The highest BCUT2D eigenvalue weighted by Gasteiger charge is 2.17. The van der Waals surface area contributed by atoms with Crippen molar-refractivity contribution in [2.75, 3.05) is 5.32 Å². The summed E-state index contributed by atoms with van der Waals surface area (Å²) in [5, 5.41) is 9.86. The summed E-state index contributed by atoms with van der Waals surface area (Å²) in [7, 11) is 0. The van der Waals surface area contributed by atoms with Crippen molar-refractivity contribution in [2.24, 2.45) is 0 Å². The summed E-state index contributed by atoms with van der Waals surface area (Å²) in [5.74, 6) is 0.803. The first-order valence-corrected chi connectivity index (χ1v) is 7.74. The Hall–Kier alpha value is -2.30. The smallest absolute Gasteiger partial charge is 0.319 e. The molecule has 5 nitrogen and oxygen atoms in total. The molecule has 1 aliphatic carbocycles. The van der Waals surface area contributed by atoms with Gasteiger partial charge in [-0.3, -0.25) is 0 Å². The standard InChI is InChI=1S/C17H21N3O2/c1-11-16(12(2)22-20-11)13-7-9-15(10-8-13)19-17(21)18-14-5-3-4-6-14/h7-10,14H,3-6H2,1-2H3,(H2,18,19,21). The minimum atomic E-state index is -0.128. The number of carbonyl (C=O) groups excluding carboxylic acids is 1. The number of aromatic nitrogens is 1. The van der Waals surface area contributed by atoms with Crippen molar-refractivity contribution in [1.29, 1.82) is 0 Å². The average Bonchev–Trinajstić information content (AvgIpc) is 3.10. The van der Waals surface area contributed by atoms with E-state index in [1.54, 1.807) is 0 Å². The van der Waals surface area contributed by atoms with E-state index in [0.29, 0.717) is 6.04 Å². The molecule has 1 aromatic heterocycles. The van der Waals surface area contributed by atoms with Gasteiger partial charge in [-0.2, -0.15) is 0 Å². The molecule has 0 unspecified atom stereocenters. The number of nitrogens with zero attached hydrogens (tertiary/aromatic N) is 1. The summed E-state index contributed by atoms with van der Waals surface area (Å²) >= 11 is 0. The van der Waals surface area contributed by atoms with Crippen molar-refractivity contribution in [3.8, 4) is 11.1 Å². The molecule has 2 N–H and O–H groups in total. The molecule has 1 saturated carbocycles. The lowest BCUT2D eigenvalue weighted by atomic mass is 10.0. The lowest BCUT2D eigenvalue weighted by Gasteiger charge is -2.13. The predicted octanol–water partition coefficient (Wildman–Crippen LogP) is 4.02. The van der Waals surface area contributed by atoms with Crippen LogP contribution in [-0.2, 0) is 0 Å². The Morgan fingerprint density at radius 2 is 1.86 bits per heavy atom. The topological polar surface area (TPSA) is 67.2 Å². The summed E-state index contributed by atoms with van der Waals surface area (Å²) in [6.45, 7) is 3.82. The van der Waals surface area contributed by atoms with Gasteiger partial charge in [0.25, 0.3) is 0 Å². The van der Waals surface area contributed by atoms with Crippen LogP contribution in [0.2, 0.25) is 0 Å². The molecule has 1 heterocycles. The van der Waals surface area contributed by atoms with Crippen LogP contribution < -0.4 is 10.6 Å². The molecule has 5 heteroatoms. The number of benzene rings is 1. The maximum atomic E-state index is 11.9. The molecule has 0 bridgehead atoms. The van der Waals surface area contributed by atoms with E-state index in [2.05, 4.69) is 15.8 Å². The Morgan fingerprint density at radius 1 is 1.18 bits per heavy atom. The molecule has 0 radical (unpaired) electrons. The molecule has 22 heavy (non-hydrogen) atoms. The fourth-order valence-corrected chi connectivity index (χ4v) is 3.04. The first kappa shape index (κ1) is 14.6. The van der Waals surface area contributed by atoms with Crippen LogP contribution in [0.25, 0.3) is 11.1 Å². The zero-order chi connectivity index (χ0) is 15.5. The molecule has 3 rings (SSSR count). The lowest BCUT2D eigenvalue weighted by Crippen LogP contribution is -2.36. The number of anilines is 1. The molecule has 1 aliphatic rings. The first-order chi connectivity index (χ1) is 10.6. The Morgan fingerprint density at radius 3 is 2.45 bits per heavy atom. The fraction of sp³-hybridized carbons (Fsp3) is 0.412. The molecule has 0 spiro atoms. The third-order valence-corrected chi connectivity index (χ3v) is 4.16. The largest absolute Gasteiger partial charge is 0.361 e. The van der Waals surface area contributed by atoms with Gasteiger partial charge < -0.3 is 15.2 Å². The number of amides is 2. The van der Waals surface area contributed by atoms with Crippen LogP contribution in [0.1, 0.15) is 37.1 Å². The van der Waals surface area contributed by atoms with Crippen molar-refractivity contribution < 1.29 is 9.32 Å². The molecular formula is C17H21N3O2. The van der Waals surface area contributed by atoms with Crippen LogP contribution in [0.4, 0.5) is 10.5 Å². The Labute approximate surface area is 130 Å². The highest BCUT2D eigenvalue weighted by Crippen LogP contribution is 2.27. The van der Waals surface area contributed by atoms with Gasteiger partial charge in [0.1, 0.15) is 5.76 Å². The fourth-order valence-electron chi connectivity index (χ4n) is 3.04. The number of aryl methyl sites for hydroxylation is 2. The molecule has 0 atom stereocenters. The van der Waals surface area contributed by atoms with Gasteiger partial charge >= 0.3 is 6.03 Å². The van der Waals surface area contributed by atoms with Crippen molar-refractivity contribution in [1.82, 2.24) is 10.5 Å². The minimum absolute atomic E-state index is 0.128. The van der Waals surface area contributed by atoms with E-state index in [0.717, 1.165) is 41.1 Å². The second-order valence-electron chi connectivity index (χ2n) is 5.86. The zero-order valence-corrected chi connectivity index (χ0v) is 13.0. The quantitative estimate of drug-likeness (QED) is 0.899. The van der Waals surface area contributed by atoms with Gasteiger partial charge in [-0.25, -0.2) is 4.79 Å². The Balaban J connectivity index is 1.65. The zero-order valence-electron chi connectivity index (χ0n) is 13.0. The van der Waals surface area contributed by atoms with Gasteiger partial charge in [0.2, 0.25) is 0 Å². The molecule has 2 amide bonds. The number of hydrogen-bond donors (Lipinski definition) is 2. The summed E-state index contributed by atoms with van der Waals surface area (Å²) in [5.41, 5.74) is 3.71. The second-order valence-corrected chi connectivity index (χ2v) is 5.86. The van der Waals surface area contributed by atoms with Gasteiger partial charge in [0.15, 0.2) is 0 Å². The highest BCUT2D eigenvalue weighted by molar-refractivity contribution is 5.89. The van der Waals surface area contributed by atoms with Crippen LogP contribution in [0.15, 0.2) is 28.8 Å². The number of hydrogen-bond acceptors (Lipinski definition) is 3. The van der Waals surface area contributed by atoms with Gasteiger partial charge in [0.05, 0.1) is 5.69 Å². The Kier molecular flexibility index (Phi) is 4.13. The Bertz CT molecular complexity index is 636. The molecule has 1 fully saturated rings. The number of nitrogens with one attached hydrogen (secondary N) is 2. The molecule has 1 aromatic carbocycles. The van der Waals surface area contributed by atoms with Crippen LogP contribution in [0.3, 0.4) is 0 Å². The summed E-state index contributed by atoms with van der Waals surface area (Å²) < 4.78 is 5.19. The van der Waals surface area contributed by atoms with Gasteiger partial charge in [-0.15, -0.1) is 0 Å². The molecule has 116 valence electrons. The van der Waals surface area contributed by atoms with Gasteiger partial charge in [-0.05, 0) is 44.4 Å². The maximum Gasteiger partial charge on any atom is 0.319 e. The molecule has 2 aromatic rings. The first-order valence-electron chi connectivity index (χ1n) is 7.74.